The Balaban J connectivity index is 2.03. The lowest BCUT2D eigenvalue weighted by Gasteiger charge is -2.41. The van der Waals surface area contributed by atoms with Crippen LogP contribution in [0.1, 0.15) is 33.6 Å². The SMILES string of the molecule is CC(C)(C)OC(=O)N1CCC2(C[C@@H]1C=O)OCCO2. The summed E-state index contributed by atoms with van der Waals surface area (Å²) in [4.78, 5) is 24.7. The zero-order valence-electron chi connectivity index (χ0n) is 11.7. The fourth-order valence-corrected chi connectivity index (χ4v) is 2.42. The molecular weight excluding hydrogens is 250 g/mol. The molecule has 1 spiro atoms. The predicted octanol–water partition coefficient (Wildman–Crippen LogP) is 1.33. The van der Waals surface area contributed by atoms with Gasteiger partial charge < -0.3 is 19.0 Å². The number of hydrogen-bond acceptors (Lipinski definition) is 5. The molecule has 0 N–H and O–H groups in total. The van der Waals surface area contributed by atoms with Crippen molar-refractivity contribution in [3.63, 3.8) is 0 Å². The molecular formula is C13H21NO5. The monoisotopic (exact) mass is 271 g/mol. The highest BCUT2D eigenvalue weighted by Gasteiger charge is 2.46. The van der Waals surface area contributed by atoms with Gasteiger partial charge in [0.2, 0.25) is 0 Å². The molecule has 2 saturated heterocycles. The Morgan fingerprint density at radius 1 is 1.37 bits per heavy atom. The average Bonchev–Trinajstić information content (AvgIpc) is 2.75. The second kappa shape index (κ2) is 5.09. The van der Waals surface area contributed by atoms with Crippen molar-refractivity contribution < 1.29 is 23.8 Å². The van der Waals surface area contributed by atoms with E-state index in [9.17, 15) is 9.59 Å². The zero-order chi connectivity index (χ0) is 14.1. The summed E-state index contributed by atoms with van der Waals surface area (Å²) in [6.07, 6.45) is 1.24. The molecule has 0 bridgehead atoms. The molecule has 0 aliphatic carbocycles. The third-order valence-corrected chi connectivity index (χ3v) is 3.25. The molecule has 0 unspecified atom stereocenters. The molecule has 6 heteroatoms. The largest absolute Gasteiger partial charge is 0.444 e. The Bertz CT molecular complexity index is 357. The van der Waals surface area contributed by atoms with Gasteiger partial charge in [0.05, 0.1) is 19.3 Å². The summed E-state index contributed by atoms with van der Waals surface area (Å²) in [5, 5.41) is 0. The minimum atomic E-state index is -0.690. The number of nitrogens with zero attached hydrogens (tertiary/aromatic N) is 1. The van der Waals surface area contributed by atoms with Crippen molar-refractivity contribution in [2.75, 3.05) is 19.8 Å². The van der Waals surface area contributed by atoms with Crippen molar-refractivity contribution >= 4 is 12.4 Å². The van der Waals surface area contributed by atoms with Crippen LogP contribution in [0.3, 0.4) is 0 Å². The van der Waals surface area contributed by atoms with Gasteiger partial charge in [-0.25, -0.2) is 4.79 Å². The number of hydrogen-bond donors (Lipinski definition) is 0. The fourth-order valence-electron chi connectivity index (χ4n) is 2.42. The van der Waals surface area contributed by atoms with E-state index < -0.39 is 23.5 Å². The number of rotatable bonds is 1. The molecule has 2 aliphatic rings. The van der Waals surface area contributed by atoms with E-state index in [1.807, 2.05) is 0 Å². The Morgan fingerprint density at radius 2 is 2.00 bits per heavy atom. The van der Waals surface area contributed by atoms with Crippen molar-refractivity contribution in [1.82, 2.24) is 4.90 Å². The number of piperidine rings is 1. The third kappa shape index (κ3) is 3.25. The van der Waals surface area contributed by atoms with Gasteiger partial charge in [0.15, 0.2) is 5.79 Å². The topological polar surface area (TPSA) is 65.1 Å². The first kappa shape index (κ1) is 14.3. The minimum Gasteiger partial charge on any atom is -0.444 e. The second-order valence-corrected chi connectivity index (χ2v) is 5.94. The van der Waals surface area contributed by atoms with E-state index in [2.05, 4.69) is 0 Å². The number of amides is 1. The van der Waals surface area contributed by atoms with E-state index in [4.69, 9.17) is 14.2 Å². The normalized spacial score (nSPS) is 26.5. The summed E-state index contributed by atoms with van der Waals surface area (Å²) in [7, 11) is 0. The number of aldehydes is 1. The van der Waals surface area contributed by atoms with Crippen LogP contribution in [0.4, 0.5) is 4.79 Å². The molecule has 0 aromatic rings. The molecule has 1 atom stereocenters. The molecule has 0 aromatic heterocycles. The van der Waals surface area contributed by atoms with E-state index in [0.29, 0.717) is 32.6 Å². The first-order chi connectivity index (χ1) is 8.85. The smallest absolute Gasteiger partial charge is 0.410 e. The highest BCUT2D eigenvalue weighted by Crippen LogP contribution is 2.34. The molecule has 6 nitrogen and oxygen atoms in total. The van der Waals surface area contributed by atoms with Crippen LogP contribution in [0.15, 0.2) is 0 Å². The lowest BCUT2D eigenvalue weighted by atomic mass is 9.97. The maximum absolute atomic E-state index is 12.0. The average molecular weight is 271 g/mol. The Hall–Kier alpha value is -1.14. The number of likely N-dealkylation sites (tertiary alicyclic amines) is 1. The van der Waals surface area contributed by atoms with Crippen molar-refractivity contribution in [2.24, 2.45) is 0 Å². The van der Waals surface area contributed by atoms with E-state index in [1.165, 1.54) is 4.90 Å². The van der Waals surface area contributed by atoms with Gasteiger partial charge in [-0.3, -0.25) is 4.90 Å². The van der Waals surface area contributed by atoms with Crippen LogP contribution in [-0.2, 0) is 19.0 Å². The molecule has 0 radical (unpaired) electrons. The maximum atomic E-state index is 12.0. The first-order valence-corrected chi connectivity index (χ1v) is 6.58. The van der Waals surface area contributed by atoms with E-state index in [0.717, 1.165) is 6.29 Å². The van der Waals surface area contributed by atoms with Crippen molar-refractivity contribution in [3.05, 3.63) is 0 Å². The standard InChI is InChI=1S/C13H21NO5/c1-12(2,3)19-11(16)14-5-4-13(8-10(14)9-15)17-6-7-18-13/h9-10H,4-8H2,1-3H3/t10-/m1/s1. The molecule has 0 aromatic carbocycles. The second-order valence-electron chi connectivity index (χ2n) is 5.94. The Labute approximate surface area is 113 Å². The van der Waals surface area contributed by atoms with E-state index >= 15 is 0 Å². The highest BCUT2D eigenvalue weighted by atomic mass is 16.7. The first-order valence-electron chi connectivity index (χ1n) is 6.58. The summed E-state index contributed by atoms with van der Waals surface area (Å²) < 4.78 is 16.5. The molecule has 2 heterocycles. The molecule has 2 fully saturated rings. The van der Waals surface area contributed by atoms with E-state index in [-0.39, 0.29) is 0 Å². The predicted molar refractivity (Wildman–Crippen MR) is 66.7 cm³/mol. The third-order valence-electron chi connectivity index (χ3n) is 3.25. The molecule has 1 amide bonds. The van der Waals surface area contributed by atoms with Crippen LogP contribution in [0, 0.1) is 0 Å². The highest BCUT2D eigenvalue weighted by molar-refractivity contribution is 5.74. The summed E-state index contributed by atoms with van der Waals surface area (Å²) in [6, 6.07) is -0.554. The van der Waals surface area contributed by atoms with Crippen LogP contribution in [-0.4, -0.2) is 54.5 Å². The van der Waals surface area contributed by atoms with Gasteiger partial charge in [-0.05, 0) is 20.8 Å². The lowest BCUT2D eigenvalue weighted by molar-refractivity contribution is -0.193. The quantitative estimate of drug-likeness (QED) is 0.673. The number of carbonyl (C=O) groups excluding carboxylic acids is 2. The van der Waals surface area contributed by atoms with Crippen molar-refractivity contribution in [2.45, 2.75) is 51.0 Å². The maximum Gasteiger partial charge on any atom is 0.410 e. The van der Waals surface area contributed by atoms with Crippen molar-refractivity contribution in [1.29, 1.82) is 0 Å². The van der Waals surface area contributed by atoms with Crippen LogP contribution in [0.2, 0.25) is 0 Å². The molecule has 0 saturated carbocycles. The van der Waals surface area contributed by atoms with Crippen LogP contribution in [0.5, 0.6) is 0 Å². The van der Waals surface area contributed by atoms with E-state index in [1.54, 1.807) is 20.8 Å². The molecule has 108 valence electrons. The van der Waals surface area contributed by atoms with Gasteiger partial charge in [0.1, 0.15) is 11.9 Å². The lowest BCUT2D eigenvalue weighted by Crippen LogP contribution is -2.54. The van der Waals surface area contributed by atoms with Crippen molar-refractivity contribution in [3.8, 4) is 0 Å². The number of ether oxygens (including phenoxy) is 3. The van der Waals surface area contributed by atoms with Gasteiger partial charge >= 0.3 is 6.09 Å². The Morgan fingerprint density at radius 3 is 2.53 bits per heavy atom. The fraction of sp³-hybridized carbons (Fsp3) is 0.846. The molecule has 2 aliphatic heterocycles. The number of carbonyl (C=O) groups is 2. The van der Waals surface area contributed by atoms with Gasteiger partial charge in [-0.1, -0.05) is 0 Å². The van der Waals surface area contributed by atoms with Gasteiger partial charge in [-0.2, -0.15) is 0 Å². The van der Waals surface area contributed by atoms with Crippen LogP contribution >= 0.6 is 0 Å². The van der Waals surface area contributed by atoms with Gasteiger partial charge in [0.25, 0.3) is 0 Å². The summed E-state index contributed by atoms with van der Waals surface area (Å²) in [5.74, 6) is -0.690. The zero-order valence-corrected chi connectivity index (χ0v) is 11.7. The van der Waals surface area contributed by atoms with Gasteiger partial charge in [-0.15, -0.1) is 0 Å². The molecule has 19 heavy (non-hydrogen) atoms. The van der Waals surface area contributed by atoms with Crippen LogP contribution < -0.4 is 0 Å². The van der Waals surface area contributed by atoms with Crippen LogP contribution in [0.25, 0.3) is 0 Å². The minimum absolute atomic E-state index is 0.371. The summed E-state index contributed by atoms with van der Waals surface area (Å²) in [6.45, 7) is 6.88. The molecule has 2 rings (SSSR count). The van der Waals surface area contributed by atoms with Gasteiger partial charge in [0, 0.05) is 19.4 Å². The summed E-state index contributed by atoms with van der Waals surface area (Å²) >= 11 is 0. The Kier molecular flexibility index (Phi) is 3.82. The summed E-state index contributed by atoms with van der Waals surface area (Å²) in [5.41, 5.74) is -0.569.